The number of likely N-dealkylation sites (tertiary alicyclic amines) is 1. The molecule has 1 aromatic heterocycles. The van der Waals surface area contributed by atoms with Crippen molar-refractivity contribution in [2.45, 2.75) is 31.0 Å². The average Bonchev–Trinajstić information content (AvgIpc) is 3.32. The summed E-state index contributed by atoms with van der Waals surface area (Å²) in [6.07, 6.45) is 3.13. The lowest BCUT2D eigenvalue weighted by atomic mass is 10.0. The van der Waals surface area contributed by atoms with Crippen LogP contribution >= 0.6 is 11.8 Å². The Morgan fingerprint density at radius 2 is 1.85 bits per heavy atom. The van der Waals surface area contributed by atoms with Crippen molar-refractivity contribution in [3.8, 4) is 11.4 Å². The summed E-state index contributed by atoms with van der Waals surface area (Å²) in [5.74, 6) is 1.07. The Hall–Kier alpha value is -3.33. The van der Waals surface area contributed by atoms with Crippen LogP contribution < -0.4 is 10.1 Å². The number of carbonyl (C=O) groups excluding carboxylic acids is 2. The molecular weight excluding hydrogens is 438 g/mol. The second-order valence-electron chi connectivity index (χ2n) is 7.91. The highest BCUT2D eigenvalue weighted by Crippen LogP contribution is 2.22. The first-order chi connectivity index (χ1) is 16.0. The molecule has 0 saturated carbocycles. The number of aryl methyl sites for hydroxylation is 1. The van der Waals surface area contributed by atoms with Crippen LogP contribution in [0.5, 0.6) is 5.75 Å². The topological polar surface area (TPSA) is 89.3 Å². The molecule has 2 amide bonds. The summed E-state index contributed by atoms with van der Waals surface area (Å²) in [4.78, 5) is 27.2. The van der Waals surface area contributed by atoms with Crippen LogP contribution in [-0.2, 0) is 4.79 Å². The van der Waals surface area contributed by atoms with Gasteiger partial charge < -0.3 is 15.0 Å². The molecular formula is C24H27N5O3S. The van der Waals surface area contributed by atoms with E-state index in [1.807, 2.05) is 64.9 Å². The van der Waals surface area contributed by atoms with Gasteiger partial charge in [0.2, 0.25) is 5.91 Å². The number of amides is 2. The highest BCUT2D eigenvalue weighted by atomic mass is 32.2. The molecule has 2 heterocycles. The van der Waals surface area contributed by atoms with Crippen molar-refractivity contribution in [2.75, 3.05) is 26.0 Å². The van der Waals surface area contributed by atoms with Crippen LogP contribution in [0.4, 0.5) is 0 Å². The number of methoxy groups -OCH3 is 1. The van der Waals surface area contributed by atoms with Gasteiger partial charge in [0, 0.05) is 30.4 Å². The van der Waals surface area contributed by atoms with Crippen LogP contribution in [0.15, 0.2) is 60.0 Å². The minimum absolute atomic E-state index is 0.0497. The molecule has 2 aromatic carbocycles. The Kier molecular flexibility index (Phi) is 7.29. The Balaban J connectivity index is 1.27. The maximum absolute atomic E-state index is 12.8. The Bertz CT molecular complexity index is 1110. The van der Waals surface area contributed by atoms with E-state index in [1.165, 1.54) is 11.8 Å². The van der Waals surface area contributed by atoms with E-state index < -0.39 is 0 Å². The Morgan fingerprint density at radius 3 is 2.55 bits per heavy atom. The largest absolute Gasteiger partial charge is 0.497 e. The Morgan fingerprint density at radius 1 is 1.12 bits per heavy atom. The number of aromatic nitrogens is 3. The first-order valence-electron chi connectivity index (χ1n) is 10.9. The molecule has 0 unspecified atom stereocenters. The van der Waals surface area contributed by atoms with Crippen LogP contribution in [0.2, 0.25) is 0 Å². The number of nitrogens with zero attached hydrogens (tertiary/aromatic N) is 4. The second-order valence-corrected chi connectivity index (χ2v) is 8.86. The van der Waals surface area contributed by atoms with Crippen molar-refractivity contribution in [3.05, 3.63) is 66.0 Å². The van der Waals surface area contributed by atoms with E-state index in [9.17, 15) is 9.59 Å². The normalized spacial score (nSPS) is 14.2. The summed E-state index contributed by atoms with van der Waals surface area (Å²) in [6.45, 7) is 3.19. The zero-order valence-corrected chi connectivity index (χ0v) is 19.5. The lowest BCUT2D eigenvalue weighted by Crippen LogP contribution is -2.47. The monoisotopic (exact) mass is 465 g/mol. The molecule has 0 spiro atoms. The smallest absolute Gasteiger partial charge is 0.251 e. The number of piperidine rings is 1. The van der Waals surface area contributed by atoms with E-state index in [0.29, 0.717) is 23.8 Å². The zero-order chi connectivity index (χ0) is 23.2. The molecule has 172 valence electrons. The molecule has 1 aliphatic rings. The molecule has 33 heavy (non-hydrogen) atoms. The Labute approximate surface area is 197 Å². The number of nitrogens with one attached hydrogen (secondary N) is 1. The van der Waals surface area contributed by atoms with Gasteiger partial charge in [0.25, 0.3) is 5.91 Å². The number of carbonyl (C=O) groups is 2. The van der Waals surface area contributed by atoms with E-state index in [0.717, 1.165) is 29.8 Å². The van der Waals surface area contributed by atoms with E-state index in [2.05, 4.69) is 15.5 Å². The van der Waals surface area contributed by atoms with E-state index in [4.69, 9.17) is 4.74 Å². The molecule has 0 radical (unpaired) electrons. The molecule has 0 atom stereocenters. The molecule has 4 rings (SSSR count). The summed E-state index contributed by atoms with van der Waals surface area (Å²) in [5, 5.41) is 11.9. The number of hydrogen-bond donors (Lipinski definition) is 1. The SMILES string of the molecule is COc1ccc(-n2cnnc2SCC(=O)N2CCC(NC(=O)c3ccccc3C)CC2)cc1. The average molecular weight is 466 g/mol. The van der Waals surface area contributed by atoms with Crippen molar-refractivity contribution in [3.63, 3.8) is 0 Å². The maximum Gasteiger partial charge on any atom is 0.251 e. The van der Waals surface area contributed by atoms with Crippen LogP contribution in [0.1, 0.15) is 28.8 Å². The van der Waals surface area contributed by atoms with Gasteiger partial charge >= 0.3 is 0 Å². The first kappa shape index (κ1) is 22.8. The van der Waals surface area contributed by atoms with Gasteiger partial charge in [0.15, 0.2) is 5.16 Å². The van der Waals surface area contributed by atoms with E-state index in [1.54, 1.807) is 13.4 Å². The van der Waals surface area contributed by atoms with Crippen LogP contribution in [0, 0.1) is 6.92 Å². The molecule has 1 aliphatic heterocycles. The number of benzene rings is 2. The number of thioether (sulfide) groups is 1. The summed E-state index contributed by atoms with van der Waals surface area (Å²) in [6, 6.07) is 15.2. The highest BCUT2D eigenvalue weighted by Gasteiger charge is 2.25. The van der Waals surface area contributed by atoms with Crippen molar-refractivity contribution in [2.24, 2.45) is 0 Å². The predicted octanol–water partition coefficient (Wildman–Crippen LogP) is 3.10. The minimum atomic E-state index is -0.0497. The predicted molar refractivity (Wildman–Crippen MR) is 127 cm³/mol. The van der Waals surface area contributed by atoms with Crippen LogP contribution in [0.25, 0.3) is 5.69 Å². The summed E-state index contributed by atoms with van der Waals surface area (Å²) >= 11 is 1.37. The highest BCUT2D eigenvalue weighted by molar-refractivity contribution is 7.99. The molecule has 1 fully saturated rings. The van der Waals surface area contributed by atoms with Gasteiger partial charge in [-0.1, -0.05) is 30.0 Å². The van der Waals surface area contributed by atoms with Crippen molar-refractivity contribution in [1.29, 1.82) is 0 Å². The molecule has 0 aliphatic carbocycles. The van der Waals surface area contributed by atoms with Gasteiger partial charge in [-0.15, -0.1) is 10.2 Å². The summed E-state index contributed by atoms with van der Waals surface area (Å²) in [5.41, 5.74) is 2.57. The fourth-order valence-corrected chi connectivity index (χ4v) is 4.66. The van der Waals surface area contributed by atoms with Gasteiger partial charge in [0.05, 0.1) is 12.9 Å². The van der Waals surface area contributed by atoms with E-state index in [-0.39, 0.29) is 23.6 Å². The fourth-order valence-electron chi connectivity index (χ4n) is 3.82. The molecule has 1 N–H and O–H groups in total. The standard InChI is InChI=1S/C24H27N5O3S/c1-17-5-3-4-6-21(17)23(31)26-18-11-13-28(14-12-18)22(30)15-33-24-27-25-16-29(24)19-7-9-20(32-2)10-8-19/h3-10,16,18H,11-15H2,1-2H3,(H,26,31). The quantitative estimate of drug-likeness (QED) is 0.540. The van der Waals surface area contributed by atoms with Crippen molar-refractivity contribution in [1.82, 2.24) is 25.0 Å². The third kappa shape index (κ3) is 5.54. The van der Waals surface area contributed by atoms with Crippen molar-refractivity contribution < 1.29 is 14.3 Å². The molecule has 1 saturated heterocycles. The van der Waals surface area contributed by atoms with E-state index >= 15 is 0 Å². The third-order valence-electron chi connectivity index (χ3n) is 5.76. The third-order valence-corrected chi connectivity index (χ3v) is 6.69. The van der Waals surface area contributed by atoms with Gasteiger partial charge in [0.1, 0.15) is 12.1 Å². The summed E-state index contributed by atoms with van der Waals surface area (Å²) < 4.78 is 7.05. The molecule has 8 nitrogen and oxygen atoms in total. The summed E-state index contributed by atoms with van der Waals surface area (Å²) in [7, 11) is 1.63. The second kappa shape index (κ2) is 10.5. The van der Waals surface area contributed by atoms with Gasteiger partial charge in [-0.2, -0.15) is 0 Å². The molecule has 3 aromatic rings. The van der Waals surface area contributed by atoms with Gasteiger partial charge in [-0.05, 0) is 55.7 Å². The lowest BCUT2D eigenvalue weighted by Gasteiger charge is -2.32. The lowest BCUT2D eigenvalue weighted by molar-refractivity contribution is -0.129. The molecule has 0 bridgehead atoms. The maximum atomic E-state index is 12.8. The van der Waals surface area contributed by atoms with Crippen molar-refractivity contribution >= 4 is 23.6 Å². The molecule has 9 heteroatoms. The first-order valence-corrected chi connectivity index (χ1v) is 11.8. The van der Waals surface area contributed by atoms with Crippen LogP contribution in [0.3, 0.4) is 0 Å². The van der Waals surface area contributed by atoms with Crippen LogP contribution in [-0.4, -0.2) is 63.5 Å². The number of rotatable bonds is 7. The minimum Gasteiger partial charge on any atom is -0.497 e. The number of hydrogen-bond acceptors (Lipinski definition) is 6. The number of ether oxygens (including phenoxy) is 1. The zero-order valence-electron chi connectivity index (χ0n) is 18.7. The van der Waals surface area contributed by atoms with Gasteiger partial charge in [-0.3, -0.25) is 14.2 Å². The fraction of sp³-hybridized carbons (Fsp3) is 0.333. The van der Waals surface area contributed by atoms with Gasteiger partial charge in [-0.25, -0.2) is 0 Å².